The van der Waals surface area contributed by atoms with E-state index in [0.29, 0.717) is 6.29 Å². The second-order valence-corrected chi connectivity index (χ2v) is 1.35. The van der Waals surface area contributed by atoms with Crippen LogP contribution in [0, 0.1) is 0 Å². The van der Waals surface area contributed by atoms with E-state index in [1.807, 2.05) is 0 Å². The van der Waals surface area contributed by atoms with Gasteiger partial charge in [0.05, 0.1) is 0 Å². The van der Waals surface area contributed by atoms with E-state index < -0.39 is 0 Å². The van der Waals surface area contributed by atoms with Crippen molar-refractivity contribution < 1.29 is 4.79 Å². The molecule has 0 fully saturated rings. The summed E-state index contributed by atoms with van der Waals surface area (Å²) >= 11 is 0. The molecule has 0 aliphatic rings. The molecule has 0 aromatic heterocycles. The van der Waals surface area contributed by atoms with Crippen molar-refractivity contribution in [3.05, 3.63) is 0 Å². The molecule has 36 valence electrons. The zero-order valence-corrected chi connectivity index (χ0v) is 4.85. The Morgan fingerprint density at radius 1 is 2.00 bits per heavy atom. The van der Waals surface area contributed by atoms with Gasteiger partial charge in [-0.05, 0) is 0 Å². The third-order valence-electron chi connectivity index (χ3n) is 0.351. The fourth-order valence-electron chi connectivity index (χ4n) is 0.144. The minimum atomic E-state index is 0.0185. The molecular weight excluding hydrogens is 97.0 g/mol. The normalized spacial score (nSPS) is 7.67. The van der Waals surface area contributed by atoms with Gasteiger partial charge in [-0.3, -0.25) is 4.79 Å². The summed E-state index contributed by atoms with van der Waals surface area (Å²) in [6.07, 6.45) is 0.648. The summed E-state index contributed by atoms with van der Waals surface area (Å²) in [5.74, 6) is 0.0185. The number of carbonyl (C=O) groups excluding carboxylic acids is 1. The van der Waals surface area contributed by atoms with Crippen LogP contribution < -0.4 is 5.32 Å². The van der Waals surface area contributed by atoms with Crippen molar-refractivity contribution in [2.45, 2.75) is 6.92 Å². The quantitative estimate of drug-likeness (QED) is 0.465. The van der Waals surface area contributed by atoms with Crippen molar-refractivity contribution >= 4 is 15.1 Å². The van der Waals surface area contributed by atoms with Crippen molar-refractivity contribution in [1.29, 1.82) is 0 Å². The number of hydrogen-bond donors (Lipinski definition) is 1. The highest BCUT2D eigenvalue weighted by Crippen LogP contribution is 1.69. The van der Waals surface area contributed by atoms with E-state index in [2.05, 4.69) is 14.6 Å². The lowest BCUT2D eigenvalue weighted by Crippen LogP contribution is -2.16. The summed E-state index contributed by atoms with van der Waals surface area (Å²) in [5, 5.41) is 2.53. The molecule has 0 bridgehead atoms. The molecule has 0 radical (unpaired) electrons. The van der Waals surface area contributed by atoms with Crippen molar-refractivity contribution in [2.24, 2.45) is 0 Å². The molecule has 0 saturated carbocycles. The van der Waals surface area contributed by atoms with E-state index in [1.165, 1.54) is 6.92 Å². The molecule has 0 aromatic carbocycles. The third-order valence-corrected chi connectivity index (χ3v) is 0.555. The highest BCUT2D eigenvalue weighted by atomic mass is 31.0. The Labute approximate surface area is 39.5 Å². The monoisotopic (exact) mass is 105 g/mol. The Morgan fingerprint density at radius 2 is 2.50 bits per heavy atom. The van der Waals surface area contributed by atoms with Crippen molar-refractivity contribution in [2.75, 3.05) is 6.29 Å². The lowest BCUT2D eigenvalue weighted by molar-refractivity contribution is -0.118. The van der Waals surface area contributed by atoms with Gasteiger partial charge in [0.1, 0.15) is 0 Å². The van der Waals surface area contributed by atoms with Crippen molar-refractivity contribution in [1.82, 2.24) is 5.32 Å². The molecule has 3 heteroatoms. The Balaban J connectivity index is 2.83. The molecule has 0 spiro atoms. The second kappa shape index (κ2) is 3.10. The maximum atomic E-state index is 9.92. The Morgan fingerprint density at radius 3 is 2.50 bits per heavy atom. The van der Waals surface area contributed by atoms with Crippen LogP contribution >= 0.6 is 9.24 Å². The average Bonchev–Trinajstić information content (AvgIpc) is 1.35. The fourth-order valence-corrected chi connectivity index (χ4v) is 0.431. The van der Waals surface area contributed by atoms with E-state index in [9.17, 15) is 4.79 Å². The van der Waals surface area contributed by atoms with E-state index in [-0.39, 0.29) is 5.91 Å². The Kier molecular flexibility index (Phi) is 3.05. The van der Waals surface area contributed by atoms with E-state index >= 15 is 0 Å². The minimum Gasteiger partial charge on any atom is -0.353 e. The largest absolute Gasteiger partial charge is 0.353 e. The second-order valence-electron chi connectivity index (χ2n) is 0.937. The summed E-state index contributed by atoms with van der Waals surface area (Å²) in [6, 6.07) is 0. The van der Waals surface area contributed by atoms with Gasteiger partial charge in [-0.2, -0.15) is 0 Å². The van der Waals surface area contributed by atoms with Gasteiger partial charge in [0.2, 0.25) is 5.91 Å². The van der Waals surface area contributed by atoms with Gasteiger partial charge in [-0.1, -0.05) is 0 Å². The third kappa shape index (κ3) is 3.90. The number of rotatable bonds is 1. The predicted octanol–water partition coefficient (Wildman–Crippen LogP) is -0.0449. The highest BCUT2D eigenvalue weighted by molar-refractivity contribution is 7.16. The lowest BCUT2D eigenvalue weighted by atomic mass is 10.7. The maximum Gasteiger partial charge on any atom is 0.217 e. The molecule has 0 rings (SSSR count). The summed E-state index contributed by atoms with van der Waals surface area (Å²) in [6.45, 7) is 1.49. The molecule has 0 heterocycles. The maximum absolute atomic E-state index is 9.92. The first kappa shape index (κ1) is 5.90. The standard InChI is InChI=1S/C3H8NOP/c1-3(5)4-2-6/h2,6H2,1H3,(H,4,5). The Hall–Kier alpha value is -0.100. The van der Waals surface area contributed by atoms with Gasteiger partial charge >= 0.3 is 0 Å². The summed E-state index contributed by atoms with van der Waals surface area (Å²) in [7, 11) is 2.39. The van der Waals surface area contributed by atoms with Gasteiger partial charge in [-0.25, -0.2) is 0 Å². The number of carbonyl (C=O) groups is 1. The molecule has 0 aliphatic carbocycles. The Bertz CT molecular complexity index is 54.8. The molecule has 1 atom stereocenters. The summed E-state index contributed by atoms with van der Waals surface area (Å²) in [4.78, 5) is 9.92. The van der Waals surface area contributed by atoms with Crippen LogP contribution in [-0.2, 0) is 4.79 Å². The van der Waals surface area contributed by atoms with Crippen LogP contribution in [0.1, 0.15) is 6.92 Å². The van der Waals surface area contributed by atoms with Gasteiger partial charge in [-0.15, -0.1) is 9.24 Å². The van der Waals surface area contributed by atoms with Crippen molar-refractivity contribution in [3.8, 4) is 0 Å². The van der Waals surface area contributed by atoms with Crippen LogP contribution in [0.4, 0.5) is 0 Å². The van der Waals surface area contributed by atoms with Gasteiger partial charge in [0.25, 0.3) is 0 Å². The van der Waals surface area contributed by atoms with Gasteiger partial charge < -0.3 is 5.32 Å². The zero-order valence-electron chi connectivity index (χ0n) is 3.69. The number of nitrogens with one attached hydrogen (secondary N) is 1. The van der Waals surface area contributed by atoms with E-state index in [4.69, 9.17) is 0 Å². The highest BCUT2D eigenvalue weighted by Gasteiger charge is 1.79. The van der Waals surface area contributed by atoms with Crippen molar-refractivity contribution in [3.63, 3.8) is 0 Å². The van der Waals surface area contributed by atoms with Crippen LogP contribution in [-0.4, -0.2) is 12.2 Å². The first-order chi connectivity index (χ1) is 2.77. The molecular formula is C3H8NOP. The van der Waals surface area contributed by atoms with Crippen LogP contribution in [0.3, 0.4) is 0 Å². The van der Waals surface area contributed by atoms with E-state index in [1.54, 1.807) is 0 Å². The topological polar surface area (TPSA) is 29.1 Å². The molecule has 6 heavy (non-hydrogen) atoms. The molecule has 0 saturated heterocycles. The summed E-state index contributed by atoms with van der Waals surface area (Å²) < 4.78 is 0. The fraction of sp³-hybridized carbons (Fsp3) is 0.667. The van der Waals surface area contributed by atoms with Crippen LogP contribution in [0.5, 0.6) is 0 Å². The molecule has 0 aromatic rings. The predicted molar refractivity (Wildman–Crippen MR) is 28.4 cm³/mol. The average molecular weight is 105 g/mol. The molecule has 1 unspecified atom stereocenters. The molecule has 1 N–H and O–H groups in total. The lowest BCUT2D eigenvalue weighted by Gasteiger charge is -1.88. The zero-order chi connectivity index (χ0) is 4.99. The minimum absolute atomic E-state index is 0.0185. The van der Waals surface area contributed by atoms with Crippen LogP contribution in [0.25, 0.3) is 0 Å². The SMILES string of the molecule is CC(=O)NCP. The first-order valence-corrected chi connectivity index (χ1v) is 2.53. The number of hydrogen-bond acceptors (Lipinski definition) is 1. The van der Waals surface area contributed by atoms with Gasteiger partial charge in [0.15, 0.2) is 0 Å². The molecule has 0 aliphatic heterocycles. The molecule has 1 amide bonds. The first-order valence-electron chi connectivity index (χ1n) is 1.72. The van der Waals surface area contributed by atoms with Gasteiger partial charge in [0, 0.05) is 13.2 Å². The van der Waals surface area contributed by atoms with Crippen LogP contribution in [0.2, 0.25) is 0 Å². The molecule has 2 nitrogen and oxygen atoms in total. The smallest absolute Gasteiger partial charge is 0.217 e. The summed E-state index contributed by atoms with van der Waals surface area (Å²) in [5.41, 5.74) is 0. The van der Waals surface area contributed by atoms with E-state index in [0.717, 1.165) is 0 Å². The number of amides is 1. The van der Waals surface area contributed by atoms with Crippen LogP contribution in [0.15, 0.2) is 0 Å².